The fourth-order valence-corrected chi connectivity index (χ4v) is 8.70. The molecule has 0 bridgehead atoms. The number of anilines is 1. The fourth-order valence-electron chi connectivity index (χ4n) is 6.46. The molecule has 0 aliphatic carbocycles. The monoisotopic (exact) mass is 543 g/mol. The van der Waals surface area contributed by atoms with Crippen LogP contribution in [0.15, 0.2) is 48.6 Å². The number of thioether (sulfide) groups is 1. The Kier molecular flexibility index (Phi) is 7.20. The predicted molar refractivity (Wildman–Crippen MR) is 146 cm³/mol. The maximum Gasteiger partial charge on any atom is 0.251 e. The van der Waals surface area contributed by atoms with Gasteiger partial charge in [0, 0.05) is 24.9 Å². The van der Waals surface area contributed by atoms with E-state index in [-0.39, 0.29) is 35.5 Å². The number of likely N-dealkylation sites (tertiary alicyclic amines) is 1. The van der Waals surface area contributed by atoms with Gasteiger partial charge in [0.1, 0.15) is 6.04 Å². The van der Waals surface area contributed by atoms with Gasteiger partial charge in [-0.25, -0.2) is 0 Å². The van der Waals surface area contributed by atoms with E-state index in [4.69, 9.17) is 11.6 Å². The Hall–Kier alpha value is -2.29. The van der Waals surface area contributed by atoms with Gasteiger partial charge in [-0.3, -0.25) is 14.4 Å². The first kappa shape index (κ1) is 26.3. The summed E-state index contributed by atoms with van der Waals surface area (Å²) < 4.78 is -0.920. The summed E-state index contributed by atoms with van der Waals surface area (Å²) in [5.74, 6) is -1.83. The van der Waals surface area contributed by atoms with E-state index in [1.165, 1.54) is 0 Å². The third-order valence-electron chi connectivity index (χ3n) is 8.13. The van der Waals surface area contributed by atoms with Crippen molar-refractivity contribution in [1.29, 1.82) is 0 Å². The minimum atomic E-state index is -0.920. The molecule has 9 heteroatoms. The molecule has 1 aromatic rings. The highest BCUT2D eigenvalue weighted by atomic mass is 35.5. The van der Waals surface area contributed by atoms with E-state index in [1.807, 2.05) is 62.1 Å². The number of amides is 3. The number of aliphatic hydroxyl groups is 1. The molecule has 1 N–H and O–H groups in total. The molecule has 1 spiro atoms. The van der Waals surface area contributed by atoms with Gasteiger partial charge in [-0.1, -0.05) is 68.8 Å². The maximum atomic E-state index is 14.5. The Bertz CT molecular complexity index is 1160. The average Bonchev–Trinajstić information content (AvgIpc) is 3.18. The lowest BCUT2D eigenvalue weighted by Gasteiger charge is -2.39. The molecule has 5 rings (SSSR count). The van der Waals surface area contributed by atoms with Crippen molar-refractivity contribution in [3.8, 4) is 0 Å². The molecule has 2 saturated heterocycles. The second kappa shape index (κ2) is 10.1. The van der Waals surface area contributed by atoms with E-state index in [0.717, 1.165) is 6.42 Å². The number of hydrogen-bond acceptors (Lipinski definition) is 5. The Labute approximate surface area is 227 Å². The molecule has 0 saturated carbocycles. The van der Waals surface area contributed by atoms with Gasteiger partial charge in [0.05, 0.1) is 39.9 Å². The topological polar surface area (TPSA) is 81.2 Å². The van der Waals surface area contributed by atoms with Crippen LogP contribution in [0, 0.1) is 17.8 Å². The molecule has 198 valence electrons. The van der Waals surface area contributed by atoms with Crippen molar-refractivity contribution in [2.75, 3.05) is 31.1 Å². The second-order valence-electron chi connectivity index (χ2n) is 10.6. The number of nitrogens with zero attached hydrogens (tertiary/aromatic N) is 3. The minimum absolute atomic E-state index is 0.0293. The van der Waals surface area contributed by atoms with E-state index >= 15 is 0 Å². The van der Waals surface area contributed by atoms with Crippen molar-refractivity contribution in [1.82, 2.24) is 9.80 Å². The van der Waals surface area contributed by atoms with Crippen molar-refractivity contribution < 1.29 is 19.5 Å². The molecule has 0 radical (unpaired) electrons. The molecule has 0 aromatic heterocycles. The highest BCUT2D eigenvalue weighted by molar-refractivity contribution is 8.02. The lowest BCUT2D eigenvalue weighted by molar-refractivity contribution is -0.145. The van der Waals surface area contributed by atoms with Gasteiger partial charge in [-0.05, 0) is 24.5 Å². The summed E-state index contributed by atoms with van der Waals surface area (Å²) in [6, 6.07) is 5.78. The van der Waals surface area contributed by atoms with Gasteiger partial charge in [0.25, 0.3) is 5.91 Å². The standard InChI is InChI=1S/C28H34ClN3O4S/c1-4-13-30-14-7-11-21-22(25(30)34)23-26(35)32(20(16-33)17(2)3)24-27(36)31(15-8-12-28(23,24)37-21)19-10-6-5-9-18(19)29/h5-12,17,20-24,33H,4,13-16H2,1-3H3/t20-,21-,22+,23-,24?,28-/m0/s1. The molecule has 7 nitrogen and oxygen atoms in total. The second-order valence-corrected chi connectivity index (χ2v) is 12.5. The third-order valence-corrected chi connectivity index (χ3v) is 10.2. The zero-order chi connectivity index (χ0) is 26.5. The van der Waals surface area contributed by atoms with Crippen molar-refractivity contribution >= 4 is 46.8 Å². The number of benzene rings is 1. The van der Waals surface area contributed by atoms with E-state index in [0.29, 0.717) is 30.3 Å². The first-order valence-electron chi connectivity index (χ1n) is 13.1. The van der Waals surface area contributed by atoms with E-state index in [2.05, 4.69) is 0 Å². The predicted octanol–water partition coefficient (Wildman–Crippen LogP) is 3.37. The number of halogens is 1. The van der Waals surface area contributed by atoms with Gasteiger partial charge >= 0.3 is 0 Å². The number of aliphatic hydroxyl groups excluding tert-OH is 1. The number of carbonyl (C=O) groups is 3. The van der Waals surface area contributed by atoms with E-state index in [1.54, 1.807) is 33.7 Å². The summed E-state index contributed by atoms with van der Waals surface area (Å²) in [5.41, 5.74) is 0.583. The van der Waals surface area contributed by atoms with Gasteiger partial charge in [0.15, 0.2) is 0 Å². The summed E-state index contributed by atoms with van der Waals surface area (Å²) in [5, 5.41) is 10.6. The van der Waals surface area contributed by atoms with Crippen LogP contribution in [0.2, 0.25) is 5.02 Å². The van der Waals surface area contributed by atoms with Crippen molar-refractivity contribution in [2.45, 2.75) is 49.3 Å². The molecule has 1 unspecified atom stereocenters. The molecule has 6 atom stereocenters. The van der Waals surface area contributed by atoms with E-state index in [9.17, 15) is 19.5 Å². The Morgan fingerprint density at radius 2 is 1.86 bits per heavy atom. The Morgan fingerprint density at radius 1 is 1.11 bits per heavy atom. The summed E-state index contributed by atoms with van der Waals surface area (Å²) in [4.78, 5) is 47.8. The van der Waals surface area contributed by atoms with Crippen LogP contribution in [-0.4, -0.2) is 80.9 Å². The summed E-state index contributed by atoms with van der Waals surface area (Å²) in [6.45, 7) is 7.11. The molecule has 3 amide bonds. The molecule has 37 heavy (non-hydrogen) atoms. The lowest BCUT2D eigenvalue weighted by Crippen LogP contribution is -2.57. The SMILES string of the molecule is CCCN1CC=C[C@@H]2S[C@]34C=CCN(c5ccccc5Cl)C(=O)C3N([C@@H](CO)C(C)C)C(=O)[C@@H]4[C@@H]2C1=O. The molecule has 4 heterocycles. The summed E-state index contributed by atoms with van der Waals surface area (Å²) in [7, 11) is 0. The first-order chi connectivity index (χ1) is 17.8. The zero-order valence-electron chi connectivity index (χ0n) is 21.4. The number of para-hydroxylation sites is 1. The molecule has 1 aromatic carbocycles. The van der Waals surface area contributed by atoms with Crippen molar-refractivity contribution in [3.05, 3.63) is 53.6 Å². The van der Waals surface area contributed by atoms with Crippen LogP contribution in [0.5, 0.6) is 0 Å². The highest BCUT2D eigenvalue weighted by Crippen LogP contribution is 2.61. The van der Waals surface area contributed by atoms with Crippen LogP contribution in [0.1, 0.15) is 27.2 Å². The van der Waals surface area contributed by atoms with Gasteiger partial charge in [-0.15, -0.1) is 11.8 Å². The van der Waals surface area contributed by atoms with Crippen LogP contribution < -0.4 is 4.90 Å². The normalized spacial score (nSPS) is 31.9. The molecular formula is C28H34ClN3O4S. The number of fused-ring (bicyclic) bond motifs is 2. The first-order valence-corrected chi connectivity index (χ1v) is 14.3. The molecule has 2 fully saturated rings. The quantitative estimate of drug-likeness (QED) is 0.556. The van der Waals surface area contributed by atoms with Gasteiger partial charge in [-0.2, -0.15) is 0 Å². The summed E-state index contributed by atoms with van der Waals surface area (Å²) >= 11 is 8.07. The lowest BCUT2D eigenvalue weighted by atomic mass is 9.78. The van der Waals surface area contributed by atoms with Crippen molar-refractivity contribution in [2.24, 2.45) is 17.8 Å². The number of hydrogen-bond donors (Lipinski definition) is 1. The molecule has 4 aliphatic rings. The molecular weight excluding hydrogens is 510 g/mol. The molecule has 4 aliphatic heterocycles. The fraction of sp³-hybridized carbons (Fsp3) is 0.536. The van der Waals surface area contributed by atoms with Crippen LogP contribution >= 0.6 is 23.4 Å². The van der Waals surface area contributed by atoms with Crippen LogP contribution in [-0.2, 0) is 14.4 Å². The van der Waals surface area contributed by atoms with Crippen LogP contribution in [0.4, 0.5) is 5.69 Å². The number of carbonyl (C=O) groups excluding carboxylic acids is 3. The van der Waals surface area contributed by atoms with E-state index < -0.39 is 28.7 Å². The average molecular weight is 544 g/mol. The minimum Gasteiger partial charge on any atom is -0.394 e. The zero-order valence-corrected chi connectivity index (χ0v) is 23.0. The van der Waals surface area contributed by atoms with Gasteiger partial charge < -0.3 is 19.8 Å². The maximum absolute atomic E-state index is 14.5. The Balaban J connectivity index is 1.66. The smallest absolute Gasteiger partial charge is 0.251 e. The van der Waals surface area contributed by atoms with Gasteiger partial charge in [0.2, 0.25) is 11.8 Å². The highest BCUT2D eigenvalue weighted by Gasteiger charge is 2.72. The van der Waals surface area contributed by atoms with Crippen LogP contribution in [0.25, 0.3) is 0 Å². The Morgan fingerprint density at radius 3 is 2.54 bits per heavy atom. The van der Waals surface area contributed by atoms with Crippen molar-refractivity contribution in [3.63, 3.8) is 0 Å². The third kappa shape index (κ3) is 4.03. The largest absolute Gasteiger partial charge is 0.394 e. The van der Waals surface area contributed by atoms with Crippen LogP contribution in [0.3, 0.4) is 0 Å². The summed E-state index contributed by atoms with van der Waals surface area (Å²) in [6.07, 6.45) is 8.82. The number of rotatable bonds is 6.